The second-order valence-electron chi connectivity index (χ2n) is 3.32. The van der Waals surface area contributed by atoms with Crippen molar-refractivity contribution < 1.29 is 31.9 Å². The average Bonchev–Trinajstić information content (AvgIpc) is 2.17. The van der Waals surface area contributed by atoms with Gasteiger partial charge in [-0.05, 0) is 0 Å². The molecule has 9 heteroatoms. The molecule has 3 N–H and O–H groups in total. The molecule has 0 atom stereocenters. The van der Waals surface area contributed by atoms with E-state index < -0.39 is 47.5 Å². The number of nitrogens with zero attached hydrogens (tertiary/aromatic N) is 1. The van der Waals surface area contributed by atoms with Gasteiger partial charge >= 0.3 is 12.1 Å². The van der Waals surface area contributed by atoms with E-state index in [9.17, 15) is 26.7 Å². The van der Waals surface area contributed by atoms with Crippen molar-refractivity contribution in [2.24, 2.45) is 0 Å². The van der Waals surface area contributed by atoms with Gasteiger partial charge in [-0.2, -0.15) is 13.2 Å². The Morgan fingerprint density at radius 1 is 1.44 bits per heavy atom. The van der Waals surface area contributed by atoms with Gasteiger partial charge in [-0.1, -0.05) is 0 Å². The van der Waals surface area contributed by atoms with Gasteiger partial charge < -0.3 is 10.8 Å². The number of hydrogen-bond acceptors (Lipinski definition) is 3. The summed E-state index contributed by atoms with van der Waals surface area (Å²) in [6.45, 7) is 0. The molecule has 0 bridgehead atoms. The lowest BCUT2D eigenvalue weighted by atomic mass is 10.0. The summed E-state index contributed by atoms with van der Waals surface area (Å²) < 4.78 is 62.8. The average molecular weight is 270 g/mol. The Labute approximate surface area is 97.2 Å². The summed E-state index contributed by atoms with van der Waals surface area (Å²) in [7, 11) is 0. The van der Waals surface area contributed by atoms with Crippen LogP contribution in [-0.4, -0.2) is 16.1 Å². The Bertz CT molecular complexity index is 473. The molecule has 0 amide bonds. The third-order valence-electron chi connectivity index (χ3n) is 2.11. The van der Waals surface area contributed by atoms with Gasteiger partial charge in [-0.3, -0.25) is 4.79 Å². The third-order valence-corrected chi connectivity index (χ3v) is 2.11. The van der Waals surface area contributed by atoms with E-state index in [0.29, 0.717) is 0 Å². The summed E-state index contributed by atoms with van der Waals surface area (Å²) in [6.07, 6.45) is -9.44. The number of nitrogen functional groups attached to an aromatic ring is 1. The Balaban J connectivity index is 3.52. The van der Waals surface area contributed by atoms with Crippen LogP contribution in [0.4, 0.5) is 27.8 Å². The molecule has 0 radical (unpaired) electrons. The summed E-state index contributed by atoms with van der Waals surface area (Å²) in [6, 6.07) is 0. The van der Waals surface area contributed by atoms with E-state index in [0.717, 1.165) is 0 Å². The number of pyridine rings is 1. The Morgan fingerprint density at radius 2 is 2.00 bits per heavy atom. The predicted molar refractivity (Wildman–Crippen MR) is 49.9 cm³/mol. The third kappa shape index (κ3) is 2.84. The first-order valence-electron chi connectivity index (χ1n) is 4.49. The molecule has 0 saturated heterocycles. The second kappa shape index (κ2) is 4.75. The normalized spacial score (nSPS) is 11.9. The van der Waals surface area contributed by atoms with Crippen LogP contribution in [0.5, 0.6) is 0 Å². The van der Waals surface area contributed by atoms with E-state index in [1.54, 1.807) is 0 Å². The molecule has 0 fully saturated rings. The number of aromatic nitrogens is 1. The fraction of sp³-hybridized carbons (Fsp3) is 0.333. The summed E-state index contributed by atoms with van der Waals surface area (Å²) in [5, 5.41) is 8.48. The highest BCUT2D eigenvalue weighted by Crippen LogP contribution is 2.39. The molecule has 0 aromatic carbocycles. The van der Waals surface area contributed by atoms with E-state index in [2.05, 4.69) is 4.98 Å². The molecule has 1 aromatic heterocycles. The standard InChI is InChI=1S/C9H7F5N2O2/c10-7(11)6-3(1-5(17)18)8(15)16-2-4(6)9(12,13)14/h2,7H,1H2,(H2,15,16)(H,17,18). The quantitative estimate of drug-likeness (QED) is 0.826. The molecule has 0 aliphatic rings. The van der Waals surface area contributed by atoms with E-state index in [1.165, 1.54) is 0 Å². The predicted octanol–water partition coefficient (Wildman–Crippen LogP) is 2.25. The van der Waals surface area contributed by atoms with Crippen molar-refractivity contribution in [3.8, 4) is 0 Å². The number of carbonyl (C=O) groups is 1. The first-order valence-corrected chi connectivity index (χ1v) is 4.49. The number of anilines is 1. The molecular formula is C9H7F5N2O2. The smallest absolute Gasteiger partial charge is 0.418 e. The lowest BCUT2D eigenvalue weighted by Crippen LogP contribution is -2.16. The Morgan fingerprint density at radius 3 is 2.39 bits per heavy atom. The maximum Gasteiger partial charge on any atom is 0.418 e. The number of halogens is 5. The fourth-order valence-electron chi connectivity index (χ4n) is 1.39. The van der Waals surface area contributed by atoms with E-state index in [1.807, 2.05) is 0 Å². The van der Waals surface area contributed by atoms with Crippen LogP contribution in [-0.2, 0) is 17.4 Å². The number of hydrogen-bond donors (Lipinski definition) is 2. The molecular weight excluding hydrogens is 263 g/mol. The topological polar surface area (TPSA) is 76.2 Å². The SMILES string of the molecule is Nc1ncc(C(F)(F)F)c(C(F)F)c1CC(=O)O. The van der Waals surface area contributed by atoms with Crippen molar-refractivity contribution in [1.82, 2.24) is 4.98 Å². The number of alkyl halides is 5. The zero-order valence-electron chi connectivity index (χ0n) is 8.63. The van der Waals surface area contributed by atoms with Crippen molar-refractivity contribution >= 4 is 11.8 Å². The highest BCUT2D eigenvalue weighted by Gasteiger charge is 2.38. The second-order valence-corrected chi connectivity index (χ2v) is 3.32. The maximum absolute atomic E-state index is 12.7. The minimum absolute atomic E-state index is 0.169. The van der Waals surface area contributed by atoms with Crippen LogP contribution < -0.4 is 5.73 Å². The molecule has 0 spiro atoms. The number of aliphatic carboxylic acids is 1. The summed E-state index contributed by atoms with van der Waals surface area (Å²) in [5.41, 5.74) is 1.22. The van der Waals surface area contributed by atoms with Crippen molar-refractivity contribution in [1.29, 1.82) is 0 Å². The van der Waals surface area contributed by atoms with Crippen molar-refractivity contribution in [2.75, 3.05) is 5.73 Å². The Hall–Kier alpha value is -1.93. The first kappa shape index (κ1) is 14.1. The molecule has 1 aromatic rings. The maximum atomic E-state index is 12.7. The van der Waals surface area contributed by atoms with Gasteiger partial charge in [0.05, 0.1) is 12.0 Å². The number of nitrogens with two attached hydrogens (primary N) is 1. The van der Waals surface area contributed by atoms with Crippen LogP contribution in [0.2, 0.25) is 0 Å². The lowest BCUT2D eigenvalue weighted by molar-refractivity contribution is -0.140. The lowest BCUT2D eigenvalue weighted by Gasteiger charge is -2.16. The fourth-order valence-corrected chi connectivity index (χ4v) is 1.39. The molecule has 100 valence electrons. The van der Waals surface area contributed by atoms with E-state index in [4.69, 9.17) is 10.8 Å². The molecule has 0 unspecified atom stereocenters. The van der Waals surface area contributed by atoms with E-state index >= 15 is 0 Å². The largest absolute Gasteiger partial charge is 0.481 e. The number of rotatable bonds is 3. The molecule has 0 aliphatic heterocycles. The van der Waals surface area contributed by atoms with Crippen molar-refractivity contribution in [3.63, 3.8) is 0 Å². The zero-order valence-corrected chi connectivity index (χ0v) is 8.63. The van der Waals surface area contributed by atoms with Crippen LogP contribution >= 0.6 is 0 Å². The van der Waals surface area contributed by atoms with Crippen LogP contribution in [0.25, 0.3) is 0 Å². The zero-order chi connectivity index (χ0) is 14.1. The molecule has 0 aliphatic carbocycles. The van der Waals surface area contributed by atoms with Gasteiger partial charge in [0.1, 0.15) is 5.82 Å². The van der Waals surface area contributed by atoms with Gasteiger partial charge in [-0.25, -0.2) is 13.8 Å². The summed E-state index contributed by atoms with van der Waals surface area (Å²) in [5.74, 6) is -2.23. The van der Waals surface area contributed by atoms with Gasteiger partial charge in [0, 0.05) is 17.3 Å². The monoisotopic (exact) mass is 270 g/mol. The number of carboxylic acid groups (broad SMARTS) is 1. The van der Waals surface area contributed by atoms with Gasteiger partial charge in [0.15, 0.2) is 0 Å². The summed E-state index contributed by atoms with van der Waals surface area (Å²) in [4.78, 5) is 13.6. The van der Waals surface area contributed by atoms with Crippen molar-refractivity contribution in [2.45, 2.75) is 19.0 Å². The highest BCUT2D eigenvalue weighted by atomic mass is 19.4. The van der Waals surface area contributed by atoms with Crippen LogP contribution in [0.1, 0.15) is 23.1 Å². The first-order chi connectivity index (χ1) is 8.14. The molecule has 18 heavy (non-hydrogen) atoms. The van der Waals surface area contributed by atoms with Gasteiger partial charge in [0.2, 0.25) is 0 Å². The minimum Gasteiger partial charge on any atom is -0.481 e. The molecule has 1 heterocycles. The summed E-state index contributed by atoms with van der Waals surface area (Å²) >= 11 is 0. The Kier molecular flexibility index (Phi) is 3.73. The van der Waals surface area contributed by atoms with Crippen LogP contribution in [0.15, 0.2) is 6.20 Å². The minimum atomic E-state index is -5.06. The molecule has 0 saturated carbocycles. The van der Waals surface area contributed by atoms with Gasteiger partial charge in [-0.15, -0.1) is 0 Å². The van der Waals surface area contributed by atoms with Gasteiger partial charge in [0.25, 0.3) is 6.43 Å². The van der Waals surface area contributed by atoms with Crippen molar-refractivity contribution in [3.05, 3.63) is 22.9 Å². The molecule has 1 rings (SSSR count). The van der Waals surface area contributed by atoms with Crippen LogP contribution in [0, 0.1) is 0 Å². The van der Waals surface area contributed by atoms with E-state index in [-0.39, 0.29) is 6.20 Å². The molecule has 4 nitrogen and oxygen atoms in total. The van der Waals surface area contributed by atoms with Crippen LogP contribution in [0.3, 0.4) is 0 Å². The number of carboxylic acids is 1. The highest BCUT2D eigenvalue weighted by molar-refractivity contribution is 5.73.